The molecule has 0 fully saturated rings. The third kappa shape index (κ3) is 3.69. The van der Waals surface area contributed by atoms with E-state index in [9.17, 15) is 31.5 Å². The molecule has 1 aliphatic rings. The highest BCUT2D eigenvalue weighted by Gasteiger charge is 2.45. The summed E-state index contributed by atoms with van der Waals surface area (Å²) in [7, 11) is 0. The largest absolute Gasteiger partial charge is 0.416 e. The summed E-state index contributed by atoms with van der Waals surface area (Å²) in [5.41, 5.74) is -2.34. The monoisotopic (exact) mass is 387 g/mol. The van der Waals surface area contributed by atoms with Crippen molar-refractivity contribution in [3.05, 3.63) is 63.3 Å². The molecule has 1 aromatic carbocycles. The minimum absolute atomic E-state index is 0.0663. The number of nitrogens with one attached hydrogen (secondary N) is 1. The molecule has 0 atom stereocenters. The van der Waals surface area contributed by atoms with Crippen LogP contribution in [0.5, 0.6) is 0 Å². The summed E-state index contributed by atoms with van der Waals surface area (Å²) in [6.07, 6.45) is -2.99. The summed E-state index contributed by atoms with van der Waals surface area (Å²) in [5, 5.41) is 0. The van der Waals surface area contributed by atoms with Crippen LogP contribution in [0.2, 0.25) is 0 Å². The topological polar surface area (TPSA) is 66.1 Å². The molecule has 0 aliphatic carbocycles. The smallest absolute Gasteiger partial charge is 0.333 e. The van der Waals surface area contributed by atoms with Crippen LogP contribution >= 0.6 is 0 Å². The fourth-order valence-corrected chi connectivity index (χ4v) is 2.94. The zero-order valence-electron chi connectivity index (χ0n) is 13.8. The van der Waals surface area contributed by atoms with E-state index in [1.165, 1.54) is 6.33 Å². The van der Waals surface area contributed by atoms with Crippen molar-refractivity contribution < 1.29 is 26.7 Å². The highest BCUT2D eigenvalue weighted by molar-refractivity contribution is 5.85. The summed E-state index contributed by atoms with van der Waals surface area (Å²) in [6, 6.07) is 2.51. The van der Waals surface area contributed by atoms with Crippen LogP contribution in [0.3, 0.4) is 0 Å². The maximum atomic E-state index is 14.7. The predicted octanol–water partition coefficient (Wildman–Crippen LogP) is 2.86. The van der Waals surface area contributed by atoms with E-state index in [0.717, 1.165) is 17.0 Å². The first-order chi connectivity index (χ1) is 12.6. The molecule has 0 saturated heterocycles. The van der Waals surface area contributed by atoms with Gasteiger partial charge in [-0.2, -0.15) is 22.0 Å². The molecule has 0 bridgehead atoms. The van der Waals surface area contributed by atoms with E-state index in [1.54, 1.807) is 0 Å². The van der Waals surface area contributed by atoms with Gasteiger partial charge in [-0.1, -0.05) is 12.1 Å². The normalized spacial score (nSPS) is 15.2. The lowest BCUT2D eigenvalue weighted by Crippen LogP contribution is -2.42. The van der Waals surface area contributed by atoms with Gasteiger partial charge in [-0.25, -0.2) is 4.98 Å². The zero-order valence-corrected chi connectivity index (χ0v) is 13.8. The van der Waals surface area contributed by atoms with Crippen LogP contribution in [0.25, 0.3) is 0 Å². The lowest BCUT2D eigenvalue weighted by atomic mass is 10.0. The van der Waals surface area contributed by atoms with E-state index in [0.29, 0.717) is 24.6 Å². The molecule has 1 amide bonds. The first kappa shape index (κ1) is 19.0. The van der Waals surface area contributed by atoms with E-state index >= 15 is 0 Å². The first-order valence-electron chi connectivity index (χ1n) is 8.01. The lowest BCUT2D eigenvalue weighted by Gasteiger charge is -2.26. The molecule has 10 heteroatoms. The molecule has 27 heavy (non-hydrogen) atoms. The number of rotatable bonds is 2. The number of alkyl halides is 5. The summed E-state index contributed by atoms with van der Waals surface area (Å²) < 4.78 is 67.7. The quantitative estimate of drug-likeness (QED) is 0.806. The summed E-state index contributed by atoms with van der Waals surface area (Å²) >= 11 is 0. The summed E-state index contributed by atoms with van der Waals surface area (Å²) in [5.74, 6) is -5.82. The Morgan fingerprint density at radius 2 is 1.85 bits per heavy atom. The van der Waals surface area contributed by atoms with Gasteiger partial charge in [0.1, 0.15) is 0 Å². The summed E-state index contributed by atoms with van der Waals surface area (Å²) in [6.45, 7) is -0.449. The van der Waals surface area contributed by atoms with Gasteiger partial charge in [-0.05, 0) is 25.0 Å². The molecular formula is C17H14F5N3O2. The van der Waals surface area contributed by atoms with Gasteiger partial charge in [0.25, 0.3) is 11.5 Å². The van der Waals surface area contributed by atoms with Crippen LogP contribution in [-0.4, -0.2) is 27.3 Å². The minimum atomic E-state index is -4.81. The SMILES string of the molecule is O=C(N1CCCc2nc[nH]c(=O)c2C1)C(F)(F)c1cccc(C(F)(F)F)c1. The fraction of sp³-hybridized carbons (Fsp3) is 0.353. The second-order valence-electron chi connectivity index (χ2n) is 6.14. The van der Waals surface area contributed by atoms with E-state index in [4.69, 9.17) is 0 Å². The van der Waals surface area contributed by atoms with Gasteiger partial charge in [0.15, 0.2) is 0 Å². The van der Waals surface area contributed by atoms with Crippen molar-refractivity contribution in [2.24, 2.45) is 0 Å². The molecule has 2 heterocycles. The highest BCUT2D eigenvalue weighted by Crippen LogP contribution is 2.36. The number of halogens is 5. The standard InChI is InChI=1S/C17H14F5N3O2/c18-16(19,10-3-1-4-11(7-10)17(20,21)22)15(27)25-6-2-5-13-12(8-25)14(26)24-9-23-13/h1,3-4,7,9H,2,5-6,8H2,(H,23,24,26). The third-order valence-electron chi connectivity index (χ3n) is 4.34. The number of hydrogen-bond donors (Lipinski definition) is 1. The average molecular weight is 387 g/mol. The number of aromatic nitrogens is 2. The molecule has 0 radical (unpaired) electrons. The predicted molar refractivity (Wildman–Crippen MR) is 83.9 cm³/mol. The van der Waals surface area contributed by atoms with Gasteiger partial charge in [0.2, 0.25) is 0 Å². The minimum Gasteiger partial charge on any atom is -0.333 e. The van der Waals surface area contributed by atoms with Gasteiger partial charge in [0.05, 0.1) is 29.7 Å². The Balaban J connectivity index is 1.92. The molecule has 0 spiro atoms. The number of aromatic amines is 1. The first-order valence-corrected chi connectivity index (χ1v) is 8.01. The number of H-pyrrole nitrogens is 1. The number of carbonyl (C=O) groups is 1. The molecule has 1 aromatic heterocycles. The number of benzene rings is 1. The number of amides is 1. The second kappa shape index (κ2) is 6.75. The van der Waals surface area contributed by atoms with Crippen molar-refractivity contribution >= 4 is 5.91 Å². The zero-order chi connectivity index (χ0) is 19.8. The van der Waals surface area contributed by atoms with Crippen molar-refractivity contribution in [2.45, 2.75) is 31.5 Å². The molecule has 144 valence electrons. The lowest BCUT2D eigenvalue weighted by molar-refractivity contribution is -0.160. The van der Waals surface area contributed by atoms with Gasteiger partial charge >= 0.3 is 12.1 Å². The molecule has 1 aliphatic heterocycles. The Bertz CT molecular complexity index is 923. The molecule has 0 unspecified atom stereocenters. The summed E-state index contributed by atoms with van der Waals surface area (Å²) in [4.78, 5) is 31.4. The van der Waals surface area contributed by atoms with E-state index in [-0.39, 0.29) is 24.7 Å². The van der Waals surface area contributed by atoms with E-state index in [1.807, 2.05) is 0 Å². The Morgan fingerprint density at radius 1 is 1.15 bits per heavy atom. The van der Waals surface area contributed by atoms with Crippen LogP contribution in [0.15, 0.2) is 35.4 Å². The number of fused-ring (bicyclic) bond motifs is 1. The van der Waals surface area contributed by atoms with Crippen LogP contribution in [0.1, 0.15) is 28.8 Å². The molecule has 0 saturated carbocycles. The maximum Gasteiger partial charge on any atom is 0.416 e. The number of hydrogen-bond acceptors (Lipinski definition) is 3. The van der Waals surface area contributed by atoms with Crippen LogP contribution in [0, 0.1) is 0 Å². The van der Waals surface area contributed by atoms with E-state index in [2.05, 4.69) is 9.97 Å². The van der Waals surface area contributed by atoms with Crippen molar-refractivity contribution in [2.75, 3.05) is 6.54 Å². The molecule has 5 nitrogen and oxygen atoms in total. The Labute approximate surface area is 149 Å². The van der Waals surface area contributed by atoms with E-state index < -0.39 is 34.7 Å². The van der Waals surface area contributed by atoms with Gasteiger partial charge in [-0.15, -0.1) is 0 Å². The Morgan fingerprint density at radius 3 is 2.56 bits per heavy atom. The number of carbonyl (C=O) groups excluding carboxylic acids is 1. The van der Waals surface area contributed by atoms with Crippen molar-refractivity contribution in [1.82, 2.24) is 14.9 Å². The number of nitrogens with zero attached hydrogens (tertiary/aromatic N) is 2. The van der Waals surface area contributed by atoms with Crippen molar-refractivity contribution in [3.63, 3.8) is 0 Å². The van der Waals surface area contributed by atoms with Crippen LogP contribution in [0.4, 0.5) is 22.0 Å². The second-order valence-corrected chi connectivity index (χ2v) is 6.14. The molecular weight excluding hydrogens is 373 g/mol. The Kier molecular flexibility index (Phi) is 4.75. The maximum absolute atomic E-state index is 14.7. The van der Waals surface area contributed by atoms with Gasteiger partial charge in [0, 0.05) is 12.1 Å². The molecule has 2 aromatic rings. The number of aryl methyl sites for hydroxylation is 1. The Hall–Kier alpha value is -2.78. The van der Waals surface area contributed by atoms with Crippen LogP contribution in [-0.2, 0) is 29.9 Å². The van der Waals surface area contributed by atoms with Crippen molar-refractivity contribution in [1.29, 1.82) is 0 Å². The molecule has 3 rings (SSSR count). The van der Waals surface area contributed by atoms with Crippen LogP contribution < -0.4 is 5.56 Å². The fourth-order valence-electron chi connectivity index (χ4n) is 2.94. The third-order valence-corrected chi connectivity index (χ3v) is 4.34. The highest BCUT2D eigenvalue weighted by atomic mass is 19.4. The van der Waals surface area contributed by atoms with Gasteiger partial charge in [-0.3, -0.25) is 9.59 Å². The molecule has 1 N–H and O–H groups in total. The van der Waals surface area contributed by atoms with Gasteiger partial charge < -0.3 is 9.88 Å². The average Bonchev–Trinajstić information content (AvgIpc) is 2.84. The van der Waals surface area contributed by atoms with Crippen molar-refractivity contribution in [3.8, 4) is 0 Å².